The van der Waals surface area contributed by atoms with Crippen LogP contribution in [0.25, 0.3) is 0 Å². The summed E-state index contributed by atoms with van der Waals surface area (Å²) in [5.74, 6) is 2.65. The second-order valence-electron chi connectivity index (χ2n) is 6.89. The molecule has 4 aromatic rings. The lowest BCUT2D eigenvalue weighted by atomic mass is 10.3. The van der Waals surface area contributed by atoms with Crippen molar-refractivity contribution in [1.29, 1.82) is 0 Å². The van der Waals surface area contributed by atoms with Crippen molar-refractivity contribution in [1.82, 2.24) is 0 Å². The van der Waals surface area contributed by atoms with Gasteiger partial charge in [-0.25, -0.2) is 8.42 Å². The maximum Gasteiger partial charge on any atom is 0.261 e. The summed E-state index contributed by atoms with van der Waals surface area (Å²) in [6, 6.07) is 27.0. The second kappa shape index (κ2) is 9.85. The van der Waals surface area contributed by atoms with Crippen molar-refractivity contribution >= 4 is 27.3 Å². The van der Waals surface area contributed by atoms with Crippen molar-refractivity contribution in [2.24, 2.45) is 0 Å². The van der Waals surface area contributed by atoms with E-state index in [-0.39, 0.29) is 4.90 Å². The molecule has 0 heterocycles. The molecule has 0 bridgehead atoms. The number of hydrogen-bond donors (Lipinski definition) is 1. The first-order chi connectivity index (χ1) is 15.9. The van der Waals surface area contributed by atoms with Crippen molar-refractivity contribution in [3.63, 3.8) is 0 Å². The first-order valence-corrected chi connectivity index (χ1v) is 11.8. The summed E-state index contributed by atoms with van der Waals surface area (Å²) in [4.78, 5) is 0.103. The van der Waals surface area contributed by atoms with E-state index in [0.717, 1.165) is 0 Å². The maximum atomic E-state index is 12.8. The molecule has 0 aliphatic carbocycles. The molecule has 0 amide bonds. The normalized spacial score (nSPS) is 11.0. The first-order valence-electron chi connectivity index (χ1n) is 9.91. The monoisotopic (exact) mass is 481 g/mol. The minimum Gasteiger partial charge on any atom is -0.493 e. The molecule has 8 heteroatoms. The van der Waals surface area contributed by atoms with Crippen LogP contribution in [0.15, 0.2) is 102 Å². The summed E-state index contributed by atoms with van der Waals surface area (Å²) < 4.78 is 44.9. The van der Waals surface area contributed by atoms with Crippen LogP contribution >= 0.6 is 11.6 Å². The minimum atomic E-state index is -3.79. The topological polar surface area (TPSA) is 73.9 Å². The summed E-state index contributed by atoms with van der Waals surface area (Å²) in [7, 11) is -2.23. The highest BCUT2D eigenvalue weighted by Gasteiger charge is 2.15. The van der Waals surface area contributed by atoms with E-state index in [1.807, 2.05) is 24.3 Å². The average Bonchev–Trinajstić information content (AvgIpc) is 2.82. The summed E-state index contributed by atoms with van der Waals surface area (Å²) in [5, 5.41) is 0.486. The van der Waals surface area contributed by atoms with Gasteiger partial charge in [0, 0.05) is 5.69 Å². The molecule has 0 saturated heterocycles. The molecular formula is C25H20ClNO5S. The fourth-order valence-corrected chi connectivity index (χ4v) is 4.21. The van der Waals surface area contributed by atoms with Gasteiger partial charge in [0.25, 0.3) is 10.0 Å². The predicted molar refractivity (Wildman–Crippen MR) is 128 cm³/mol. The Morgan fingerprint density at radius 3 is 1.79 bits per heavy atom. The lowest BCUT2D eigenvalue weighted by Gasteiger charge is -2.12. The fourth-order valence-electron chi connectivity index (χ4n) is 2.98. The summed E-state index contributed by atoms with van der Waals surface area (Å²) >= 11 is 6.10. The highest BCUT2D eigenvalue weighted by molar-refractivity contribution is 7.92. The molecule has 6 nitrogen and oxygen atoms in total. The number of nitrogens with one attached hydrogen (secondary N) is 1. The number of benzene rings is 4. The summed E-state index contributed by atoms with van der Waals surface area (Å²) in [5.41, 5.74) is 0.399. The van der Waals surface area contributed by atoms with Crippen molar-refractivity contribution in [3.8, 4) is 28.7 Å². The van der Waals surface area contributed by atoms with Crippen molar-refractivity contribution < 1.29 is 22.6 Å². The third kappa shape index (κ3) is 5.58. The quantitative estimate of drug-likeness (QED) is 0.302. The third-order valence-corrected chi connectivity index (χ3v) is 6.31. The molecule has 0 aromatic heterocycles. The molecule has 0 aliphatic heterocycles. The molecule has 0 radical (unpaired) electrons. The minimum absolute atomic E-state index is 0.103. The van der Waals surface area contributed by atoms with Gasteiger partial charge in [-0.1, -0.05) is 35.9 Å². The number of sulfonamides is 1. The molecule has 33 heavy (non-hydrogen) atoms. The largest absolute Gasteiger partial charge is 0.493 e. The van der Waals surface area contributed by atoms with Crippen LogP contribution in [0.2, 0.25) is 5.02 Å². The predicted octanol–water partition coefficient (Wildman–Crippen LogP) is 6.73. The van der Waals surface area contributed by atoms with Gasteiger partial charge in [0.15, 0.2) is 11.5 Å². The van der Waals surface area contributed by atoms with E-state index in [1.165, 1.54) is 12.1 Å². The molecule has 4 rings (SSSR count). The zero-order valence-corrected chi connectivity index (χ0v) is 19.1. The van der Waals surface area contributed by atoms with Gasteiger partial charge in [-0.05, 0) is 72.8 Å². The number of ether oxygens (including phenoxy) is 3. The Morgan fingerprint density at radius 1 is 0.667 bits per heavy atom. The van der Waals surface area contributed by atoms with Crippen LogP contribution in [0.5, 0.6) is 28.7 Å². The number of halogens is 1. The Labute approximate surface area is 197 Å². The zero-order chi connectivity index (χ0) is 23.3. The van der Waals surface area contributed by atoms with Gasteiger partial charge in [0.1, 0.15) is 17.2 Å². The van der Waals surface area contributed by atoms with Gasteiger partial charge in [0.05, 0.1) is 17.0 Å². The highest BCUT2D eigenvalue weighted by Crippen LogP contribution is 2.32. The molecule has 0 aliphatic rings. The molecule has 4 aromatic carbocycles. The van der Waals surface area contributed by atoms with Crippen molar-refractivity contribution in [2.75, 3.05) is 11.8 Å². The van der Waals surface area contributed by atoms with E-state index in [2.05, 4.69) is 4.72 Å². The number of methoxy groups -OCH3 is 1. The molecule has 0 atom stereocenters. The van der Waals surface area contributed by atoms with Crippen LogP contribution in [0.3, 0.4) is 0 Å². The van der Waals surface area contributed by atoms with E-state index in [0.29, 0.717) is 39.5 Å². The van der Waals surface area contributed by atoms with E-state index < -0.39 is 10.0 Å². The van der Waals surface area contributed by atoms with Crippen LogP contribution in [-0.2, 0) is 10.0 Å². The molecular weight excluding hydrogens is 462 g/mol. The molecule has 168 valence electrons. The van der Waals surface area contributed by atoms with Gasteiger partial charge in [-0.3, -0.25) is 4.72 Å². The van der Waals surface area contributed by atoms with E-state index >= 15 is 0 Å². The maximum absolute atomic E-state index is 12.8. The Kier molecular flexibility index (Phi) is 6.72. The third-order valence-electron chi connectivity index (χ3n) is 4.60. The molecule has 0 unspecified atom stereocenters. The lowest BCUT2D eigenvalue weighted by Crippen LogP contribution is -2.12. The summed E-state index contributed by atoms with van der Waals surface area (Å²) in [6.07, 6.45) is 0. The highest BCUT2D eigenvalue weighted by atomic mass is 35.5. The van der Waals surface area contributed by atoms with Gasteiger partial charge in [-0.2, -0.15) is 0 Å². The van der Waals surface area contributed by atoms with Crippen molar-refractivity contribution in [3.05, 3.63) is 102 Å². The standard InChI is InChI=1S/C25H20ClNO5S/c1-30-24-8-4-5-9-25(24)32-20-14-16-21(17-15-20)33(28,29)27-18-10-12-19(13-11-18)31-23-7-3-2-6-22(23)26/h2-17,27H,1H3. The van der Waals surface area contributed by atoms with Gasteiger partial charge in [-0.15, -0.1) is 0 Å². The second-order valence-corrected chi connectivity index (χ2v) is 8.98. The van der Waals surface area contributed by atoms with Crippen molar-refractivity contribution in [2.45, 2.75) is 4.90 Å². The molecule has 0 saturated carbocycles. The fraction of sp³-hybridized carbons (Fsp3) is 0.0400. The average molecular weight is 482 g/mol. The Hall–Kier alpha value is -3.68. The smallest absolute Gasteiger partial charge is 0.261 e. The van der Waals surface area contributed by atoms with Crippen LogP contribution in [0, 0.1) is 0 Å². The number of hydrogen-bond acceptors (Lipinski definition) is 5. The van der Waals surface area contributed by atoms with Gasteiger partial charge < -0.3 is 14.2 Å². The van der Waals surface area contributed by atoms with Crippen LogP contribution in [0.4, 0.5) is 5.69 Å². The molecule has 0 spiro atoms. The van der Waals surface area contributed by atoms with E-state index in [4.69, 9.17) is 25.8 Å². The SMILES string of the molecule is COc1ccccc1Oc1ccc(S(=O)(=O)Nc2ccc(Oc3ccccc3Cl)cc2)cc1. The lowest BCUT2D eigenvalue weighted by molar-refractivity contribution is 0.379. The van der Waals surface area contributed by atoms with Crippen LogP contribution in [0.1, 0.15) is 0 Å². The number of rotatable bonds is 8. The van der Waals surface area contributed by atoms with Gasteiger partial charge >= 0.3 is 0 Å². The van der Waals surface area contributed by atoms with Crippen LogP contribution < -0.4 is 18.9 Å². The summed E-state index contributed by atoms with van der Waals surface area (Å²) in [6.45, 7) is 0. The molecule has 0 fully saturated rings. The number of para-hydroxylation sites is 3. The van der Waals surface area contributed by atoms with Gasteiger partial charge in [0.2, 0.25) is 0 Å². The Morgan fingerprint density at radius 2 is 1.18 bits per heavy atom. The zero-order valence-electron chi connectivity index (χ0n) is 17.6. The molecule has 1 N–H and O–H groups in total. The Bertz CT molecular complexity index is 1340. The first kappa shape index (κ1) is 22.5. The Balaban J connectivity index is 1.43. The van der Waals surface area contributed by atoms with E-state index in [9.17, 15) is 8.42 Å². The van der Waals surface area contributed by atoms with Crippen LogP contribution in [-0.4, -0.2) is 15.5 Å². The van der Waals surface area contributed by atoms with E-state index in [1.54, 1.807) is 67.8 Å². The number of anilines is 1.